The predicted octanol–water partition coefficient (Wildman–Crippen LogP) is 3.04. The molecule has 100 valence electrons. The molecule has 5 nitrogen and oxygen atoms in total. The Bertz CT molecular complexity index is 622. The molecule has 0 bridgehead atoms. The Balaban J connectivity index is 2.64. The lowest BCUT2D eigenvalue weighted by Crippen LogP contribution is -2.05. The summed E-state index contributed by atoms with van der Waals surface area (Å²) < 4.78 is 14.7. The molecule has 0 radical (unpaired) electrons. The van der Waals surface area contributed by atoms with Gasteiger partial charge in [-0.05, 0) is 31.0 Å². The summed E-state index contributed by atoms with van der Waals surface area (Å²) in [6, 6.07) is 5.42. The Hall–Kier alpha value is -2.24. The van der Waals surface area contributed by atoms with E-state index in [2.05, 4.69) is 5.10 Å². The minimum absolute atomic E-state index is 0.277. The molecule has 0 atom stereocenters. The highest BCUT2D eigenvalue weighted by atomic mass is 19.1. The van der Waals surface area contributed by atoms with E-state index in [-0.39, 0.29) is 5.69 Å². The molecule has 0 aliphatic rings. The van der Waals surface area contributed by atoms with Crippen LogP contribution in [0.2, 0.25) is 0 Å². The zero-order chi connectivity index (χ0) is 14.0. The van der Waals surface area contributed by atoms with Crippen molar-refractivity contribution in [3.05, 3.63) is 51.6 Å². The summed E-state index contributed by atoms with van der Waals surface area (Å²) in [7, 11) is 0. The van der Waals surface area contributed by atoms with E-state index >= 15 is 0 Å². The highest BCUT2D eigenvalue weighted by Gasteiger charge is 2.19. The van der Waals surface area contributed by atoms with E-state index in [0.29, 0.717) is 12.1 Å². The van der Waals surface area contributed by atoms with Crippen molar-refractivity contribution in [1.29, 1.82) is 0 Å². The summed E-state index contributed by atoms with van der Waals surface area (Å²) >= 11 is 0. The van der Waals surface area contributed by atoms with Crippen molar-refractivity contribution < 1.29 is 9.31 Å². The van der Waals surface area contributed by atoms with E-state index in [4.69, 9.17) is 0 Å². The first-order chi connectivity index (χ1) is 9.06. The summed E-state index contributed by atoms with van der Waals surface area (Å²) in [6.07, 6.45) is 1.44. The first-order valence-electron chi connectivity index (χ1n) is 6.09. The number of nitrogens with zero attached hydrogens (tertiary/aromatic N) is 3. The van der Waals surface area contributed by atoms with Gasteiger partial charge in [0.15, 0.2) is 0 Å². The Morgan fingerprint density at radius 2 is 2.05 bits per heavy atom. The standard InChI is InChI=1S/C13H14FN3O2/c1-3-10-8-11(4-2)16(15-10)12-6-5-9(14)7-13(12)17(18)19/h5-8H,3-4H2,1-2H3. The molecule has 1 aromatic heterocycles. The number of benzene rings is 1. The van der Waals surface area contributed by atoms with Crippen LogP contribution in [-0.2, 0) is 12.8 Å². The van der Waals surface area contributed by atoms with E-state index < -0.39 is 10.7 Å². The van der Waals surface area contributed by atoms with Gasteiger partial charge in [0, 0.05) is 5.69 Å². The monoisotopic (exact) mass is 263 g/mol. The van der Waals surface area contributed by atoms with Gasteiger partial charge >= 0.3 is 0 Å². The number of nitro groups is 1. The van der Waals surface area contributed by atoms with Crippen molar-refractivity contribution >= 4 is 5.69 Å². The molecule has 2 aromatic rings. The van der Waals surface area contributed by atoms with Crippen molar-refractivity contribution in [2.24, 2.45) is 0 Å². The zero-order valence-corrected chi connectivity index (χ0v) is 10.8. The van der Waals surface area contributed by atoms with Crippen LogP contribution < -0.4 is 0 Å². The molecule has 0 aliphatic heterocycles. The predicted molar refractivity (Wildman–Crippen MR) is 68.9 cm³/mol. The number of hydrogen-bond donors (Lipinski definition) is 0. The first-order valence-corrected chi connectivity index (χ1v) is 6.09. The Labute approximate surface area is 109 Å². The Kier molecular flexibility index (Phi) is 3.59. The van der Waals surface area contributed by atoms with Crippen LogP contribution >= 0.6 is 0 Å². The molecular weight excluding hydrogens is 249 g/mol. The molecule has 0 amide bonds. The maximum Gasteiger partial charge on any atom is 0.297 e. The lowest BCUT2D eigenvalue weighted by atomic mass is 10.2. The second-order valence-electron chi connectivity index (χ2n) is 4.14. The van der Waals surface area contributed by atoms with Gasteiger partial charge in [-0.15, -0.1) is 0 Å². The van der Waals surface area contributed by atoms with Gasteiger partial charge in [-0.2, -0.15) is 5.10 Å². The summed E-state index contributed by atoms with van der Waals surface area (Å²) in [5.41, 5.74) is 1.74. The van der Waals surface area contributed by atoms with E-state index in [1.54, 1.807) is 0 Å². The molecule has 0 unspecified atom stereocenters. The van der Waals surface area contributed by atoms with Gasteiger partial charge in [0.05, 0.1) is 16.7 Å². The Morgan fingerprint density at radius 3 is 2.63 bits per heavy atom. The summed E-state index contributed by atoms with van der Waals surface area (Å²) in [5.74, 6) is -0.628. The molecule has 0 fully saturated rings. The van der Waals surface area contributed by atoms with Gasteiger partial charge in [0.1, 0.15) is 11.5 Å². The molecule has 0 saturated heterocycles. The second-order valence-corrected chi connectivity index (χ2v) is 4.14. The molecule has 19 heavy (non-hydrogen) atoms. The highest BCUT2D eigenvalue weighted by Crippen LogP contribution is 2.25. The highest BCUT2D eigenvalue weighted by molar-refractivity contribution is 5.52. The van der Waals surface area contributed by atoms with Gasteiger partial charge in [-0.1, -0.05) is 13.8 Å². The maximum absolute atomic E-state index is 13.1. The number of halogens is 1. The zero-order valence-electron chi connectivity index (χ0n) is 10.8. The molecule has 2 rings (SSSR count). The van der Waals surface area contributed by atoms with E-state index in [0.717, 1.165) is 23.9 Å². The molecule has 0 N–H and O–H groups in total. The fraction of sp³-hybridized carbons (Fsp3) is 0.308. The molecular formula is C13H14FN3O2. The summed E-state index contributed by atoms with van der Waals surface area (Å²) in [4.78, 5) is 10.4. The second kappa shape index (κ2) is 5.17. The average molecular weight is 263 g/mol. The normalized spacial score (nSPS) is 10.7. The third kappa shape index (κ3) is 2.47. The third-order valence-corrected chi connectivity index (χ3v) is 2.92. The van der Waals surface area contributed by atoms with E-state index in [1.807, 2.05) is 19.9 Å². The van der Waals surface area contributed by atoms with Crippen LogP contribution in [-0.4, -0.2) is 14.7 Å². The van der Waals surface area contributed by atoms with Crippen molar-refractivity contribution in [2.45, 2.75) is 26.7 Å². The minimum atomic E-state index is -0.628. The summed E-state index contributed by atoms with van der Waals surface area (Å²) in [5, 5.41) is 15.4. The fourth-order valence-corrected chi connectivity index (χ4v) is 1.93. The topological polar surface area (TPSA) is 61.0 Å². The third-order valence-electron chi connectivity index (χ3n) is 2.92. The maximum atomic E-state index is 13.1. The number of aryl methyl sites for hydroxylation is 2. The van der Waals surface area contributed by atoms with Crippen molar-refractivity contribution in [3.63, 3.8) is 0 Å². The lowest BCUT2D eigenvalue weighted by molar-refractivity contribution is -0.384. The van der Waals surface area contributed by atoms with Crippen LogP contribution in [0.25, 0.3) is 5.69 Å². The molecule has 0 spiro atoms. The van der Waals surface area contributed by atoms with E-state index in [9.17, 15) is 14.5 Å². The van der Waals surface area contributed by atoms with Crippen LogP contribution in [0.15, 0.2) is 24.3 Å². The number of hydrogen-bond acceptors (Lipinski definition) is 3. The number of aromatic nitrogens is 2. The average Bonchev–Trinajstić information content (AvgIpc) is 2.81. The van der Waals surface area contributed by atoms with Gasteiger partial charge in [-0.3, -0.25) is 10.1 Å². The quantitative estimate of drug-likeness (QED) is 0.629. The molecule has 0 saturated carbocycles. The number of rotatable bonds is 4. The van der Waals surface area contributed by atoms with Crippen molar-refractivity contribution in [1.82, 2.24) is 9.78 Å². The van der Waals surface area contributed by atoms with Gasteiger partial charge in [0.25, 0.3) is 5.69 Å². The van der Waals surface area contributed by atoms with Crippen LogP contribution in [0.1, 0.15) is 25.2 Å². The smallest absolute Gasteiger partial charge is 0.258 e. The molecule has 0 aliphatic carbocycles. The Morgan fingerprint density at radius 1 is 1.32 bits per heavy atom. The SMILES string of the molecule is CCc1cc(CC)n(-c2ccc(F)cc2[N+](=O)[O-])n1. The largest absolute Gasteiger partial charge is 0.297 e. The van der Waals surface area contributed by atoms with Crippen LogP contribution in [0.4, 0.5) is 10.1 Å². The van der Waals surface area contributed by atoms with Crippen LogP contribution in [0.3, 0.4) is 0 Å². The van der Waals surface area contributed by atoms with Gasteiger partial charge in [0.2, 0.25) is 0 Å². The first kappa shape index (κ1) is 13.2. The lowest BCUT2D eigenvalue weighted by Gasteiger charge is -2.06. The van der Waals surface area contributed by atoms with Crippen molar-refractivity contribution in [3.8, 4) is 5.69 Å². The molecule has 1 aromatic carbocycles. The fourth-order valence-electron chi connectivity index (χ4n) is 1.93. The number of nitro benzene ring substituents is 1. The van der Waals surface area contributed by atoms with Crippen molar-refractivity contribution in [2.75, 3.05) is 0 Å². The minimum Gasteiger partial charge on any atom is -0.258 e. The summed E-state index contributed by atoms with van der Waals surface area (Å²) in [6.45, 7) is 3.91. The van der Waals surface area contributed by atoms with Gasteiger partial charge < -0.3 is 0 Å². The van der Waals surface area contributed by atoms with Gasteiger partial charge in [-0.25, -0.2) is 9.07 Å². The molecule has 1 heterocycles. The van der Waals surface area contributed by atoms with E-state index in [1.165, 1.54) is 16.8 Å². The van der Waals surface area contributed by atoms with Crippen LogP contribution in [0, 0.1) is 15.9 Å². The van der Waals surface area contributed by atoms with Crippen LogP contribution in [0.5, 0.6) is 0 Å². The molecule has 6 heteroatoms.